The van der Waals surface area contributed by atoms with Crippen molar-refractivity contribution in [3.8, 4) is 5.75 Å². The molecule has 2 aromatic rings. The number of aromatic carboxylic acids is 1. The summed E-state index contributed by atoms with van der Waals surface area (Å²) >= 11 is 0. The van der Waals surface area contributed by atoms with Gasteiger partial charge >= 0.3 is 5.97 Å². The Bertz CT molecular complexity index is 676. The van der Waals surface area contributed by atoms with Gasteiger partial charge < -0.3 is 14.4 Å². The summed E-state index contributed by atoms with van der Waals surface area (Å²) in [7, 11) is 0. The molecule has 0 fully saturated rings. The Labute approximate surface area is 116 Å². The summed E-state index contributed by atoms with van der Waals surface area (Å²) in [4.78, 5) is 23.0. The normalized spacial score (nSPS) is 10.2. The van der Waals surface area contributed by atoms with Crippen LogP contribution in [-0.4, -0.2) is 22.2 Å². The van der Waals surface area contributed by atoms with E-state index in [0.29, 0.717) is 18.9 Å². The minimum Gasteiger partial charge on any atom is -0.488 e. The number of nitrogens with zero attached hydrogens (tertiary/aromatic N) is 1. The smallest absolute Gasteiger partial charge is 0.335 e. The van der Waals surface area contributed by atoms with Crippen LogP contribution in [0.4, 0.5) is 0 Å². The summed E-state index contributed by atoms with van der Waals surface area (Å²) in [6, 6.07) is 9.87. The number of carboxylic acids is 1. The Morgan fingerprint density at radius 1 is 1.30 bits per heavy atom. The first kappa shape index (κ1) is 13.9. The van der Waals surface area contributed by atoms with Crippen LogP contribution < -0.4 is 10.3 Å². The SMILES string of the molecule is CCOc1cccn(Cc2cccc(C(=O)O)c2)c1=O. The summed E-state index contributed by atoms with van der Waals surface area (Å²) in [6.07, 6.45) is 1.65. The van der Waals surface area contributed by atoms with Crippen LogP contribution in [0.15, 0.2) is 47.4 Å². The fraction of sp³-hybridized carbons (Fsp3) is 0.200. The minimum atomic E-state index is -0.984. The van der Waals surface area contributed by atoms with Crippen molar-refractivity contribution in [1.82, 2.24) is 4.57 Å². The van der Waals surface area contributed by atoms with Crippen LogP contribution in [0, 0.1) is 0 Å². The number of rotatable bonds is 5. The summed E-state index contributed by atoms with van der Waals surface area (Å²) < 4.78 is 6.74. The van der Waals surface area contributed by atoms with E-state index in [1.807, 2.05) is 6.92 Å². The third kappa shape index (κ3) is 3.06. The van der Waals surface area contributed by atoms with Gasteiger partial charge in [-0.1, -0.05) is 12.1 Å². The first-order valence-electron chi connectivity index (χ1n) is 6.26. The van der Waals surface area contributed by atoms with Crippen molar-refractivity contribution in [3.05, 3.63) is 64.1 Å². The Kier molecular flexibility index (Phi) is 4.20. The Morgan fingerprint density at radius 3 is 2.80 bits per heavy atom. The molecule has 104 valence electrons. The van der Waals surface area contributed by atoms with Gasteiger partial charge in [-0.2, -0.15) is 0 Å². The molecule has 0 aliphatic carbocycles. The highest BCUT2D eigenvalue weighted by Gasteiger charge is 2.06. The molecular formula is C15H15NO4. The van der Waals surface area contributed by atoms with Crippen LogP contribution in [0.2, 0.25) is 0 Å². The fourth-order valence-electron chi connectivity index (χ4n) is 1.90. The van der Waals surface area contributed by atoms with Crippen molar-refractivity contribution in [1.29, 1.82) is 0 Å². The highest BCUT2D eigenvalue weighted by atomic mass is 16.5. The second-order valence-corrected chi connectivity index (χ2v) is 4.24. The second kappa shape index (κ2) is 6.06. The summed E-state index contributed by atoms with van der Waals surface area (Å²) in [5.74, 6) is -0.688. The standard InChI is InChI=1S/C15H15NO4/c1-2-20-13-7-4-8-16(14(13)17)10-11-5-3-6-12(9-11)15(18)19/h3-9H,2,10H2,1H3,(H,18,19). The molecular weight excluding hydrogens is 258 g/mol. The van der Waals surface area contributed by atoms with Crippen LogP contribution >= 0.6 is 0 Å². The lowest BCUT2D eigenvalue weighted by molar-refractivity contribution is 0.0696. The van der Waals surface area contributed by atoms with Crippen molar-refractivity contribution in [2.45, 2.75) is 13.5 Å². The fourth-order valence-corrected chi connectivity index (χ4v) is 1.90. The van der Waals surface area contributed by atoms with Crippen LogP contribution in [0.25, 0.3) is 0 Å². The van der Waals surface area contributed by atoms with Gasteiger partial charge in [-0.3, -0.25) is 4.79 Å². The highest BCUT2D eigenvalue weighted by Crippen LogP contribution is 2.08. The van der Waals surface area contributed by atoms with Gasteiger partial charge in [0, 0.05) is 6.20 Å². The van der Waals surface area contributed by atoms with E-state index in [-0.39, 0.29) is 11.1 Å². The van der Waals surface area contributed by atoms with Crippen LogP contribution in [0.5, 0.6) is 5.75 Å². The molecule has 0 saturated carbocycles. The van der Waals surface area contributed by atoms with Crippen molar-refractivity contribution < 1.29 is 14.6 Å². The molecule has 0 bridgehead atoms. The van der Waals surface area contributed by atoms with Gasteiger partial charge in [0.15, 0.2) is 5.75 Å². The number of carboxylic acid groups (broad SMARTS) is 1. The van der Waals surface area contributed by atoms with Crippen LogP contribution in [0.3, 0.4) is 0 Å². The molecule has 5 heteroatoms. The van der Waals surface area contributed by atoms with Gasteiger partial charge in [-0.05, 0) is 36.8 Å². The van der Waals surface area contributed by atoms with Crippen molar-refractivity contribution >= 4 is 5.97 Å². The maximum atomic E-state index is 12.1. The Hall–Kier alpha value is -2.56. The summed E-state index contributed by atoms with van der Waals surface area (Å²) in [5, 5.41) is 8.96. The first-order valence-corrected chi connectivity index (χ1v) is 6.26. The van der Waals surface area contributed by atoms with E-state index in [4.69, 9.17) is 9.84 Å². The number of benzene rings is 1. The van der Waals surface area contributed by atoms with E-state index >= 15 is 0 Å². The summed E-state index contributed by atoms with van der Waals surface area (Å²) in [6.45, 7) is 2.54. The molecule has 0 radical (unpaired) electrons. The number of pyridine rings is 1. The zero-order valence-corrected chi connectivity index (χ0v) is 11.1. The van der Waals surface area contributed by atoms with Gasteiger partial charge in [0.1, 0.15) is 0 Å². The summed E-state index contributed by atoms with van der Waals surface area (Å²) in [5.41, 5.74) is 0.729. The van der Waals surface area contributed by atoms with Gasteiger partial charge in [-0.25, -0.2) is 4.79 Å². The maximum Gasteiger partial charge on any atom is 0.335 e. The molecule has 1 aromatic carbocycles. The number of ether oxygens (including phenoxy) is 1. The quantitative estimate of drug-likeness (QED) is 0.904. The molecule has 20 heavy (non-hydrogen) atoms. The number of carbonyl (C=O) groups is 1. The predicted octanol–water partition coefficient (Wildman–Crippen LogP) is 1.99. The van der Waals surface area contributed by atoms with Gasteiger partial charge in [-0.15, -0.1) is 0 Å². The lowest BCUT2D eigenvalue weighted by Crippen LogP contribution is -2.21. The molecule has 0 atom stereocenters. The topological polar surface area (TPSA) is 68.5 Å². The van der Waals surface area contributed by atoms with Crippen molar-refractivity contribution in [3.63, 3.8) is 0 Å². The molecule has 0 amide bonds. The van der Waals surface area contributed by atoms with Gasteiger partial charge in [0.2, 0.25) is 0 Å². The predicted molar refractivity (Wildman–Crippen MR) is 74.4 cm³/mol. The second-order valence-electron chi connectivity index (χ2n) is 4.24. The van der Waals surface area contributed by atoms with E-state index in [0.717, 1.165) is 5.56 Å². The van der Waals surface area contributed by atoms with E-state index in [1.165, 1.54) is 10.6 Å². The molecule has 0 spiro atoms. The zero-order chi connectivity index (χ0) is 14.5. The lowest BCUT2D eigenvalue weighted by atomic mass is 10.1. The third-order valence-electron chi connectivity index (χ3n) is 2.81. The Morgan fingerprint density at radius 2 is 2.10 bits per heavy atom. The van der Waals surface area contributed by atoms with E-state index in [2.05, 4.69) is 0 Å². The maximum absolute atomic E-state index is 12.1. The average Bonchev–Trinajstić information content (AvgIpc) is 2.44. The number of hydrogen-bond donors (Lipinski definition) is 1. The van der Waals surface area contributed by atoms with Crippen molar-refractivity contribution in [2.75, 3.05) is 6.61 Å². The van der Waals surface area contributed by atoms with E-state index in [9.17, 15) is 9.59 Å². The van der Waals surface area contributed by atoms with Gasteiger partial charge in [0.05, 0.1) is 18.7 Å². The van der Waals surface area contributed by atoms with Crippen LogP contribution in [0.1, 0.15) is 22.8 Å². The molecule has 1 aromatic heterocycles. The van der Waals surface area contributed by atoms with E-state index in [1.54, 1.807) is 36.5 Å². The number of hydrogen-bond acceptors (Lipinski definition) is 3. The number of aromatic nitrogens is 1. The van der Waals surface area contributed by atoms with Gasteiger partial charge in [0.25, 0.3) is 5.56 Å². The largest absolute Gasteiger partial charge is 0.488 e. The monoisotopic (exact) mass is 273 g/mol. The van der Waals surface area contributed by atoms with E-state index < -0.39 is 5.97 Å². The lowest BCUT2D eigenvalue weighted by Gasteiger charge is -2.09. The first-order chi connectivity index (χ1) is 9.61. The molecule has 0 aliphatic heterocycles. The molecule has 1 heterocycles. The third-order valence-corrected chi connectivity index (χ3v) is 2.81. The molecule has 2 rings (SSSR count). The Balaban J connectivity index is 2.30. The molecule has 5 nitrogen and oxygen atoms in total. The average molecular weight is 273 g/mol. The highest BCUT2D eigenvalue weighted by molar-refractivity contribution is 5.87. The van der Waals surface area contributed by atoms with Crippen LogP contribution in [-0.2, 0) is 6.54 Å². The molecule has 1 N–H and O–H groups in total. The minimum absolute atomic E-state index is 0.205. The zero-order valence-electron chi connectivity index (χ0n) is 11.1. The molecule has 0 unspecified atom stereocenters. The van der Waals surface area contributed by atoms with Crippen molar-refractivity contribution in [2.24, 2.45) is 0 Å². The molecule has 0 aliphatic rings. The molecule has 0 saturated heterocycles.